The van der Waals surface area contributed by atoms with Gasteiger partial charge in [0.2, 0.25) is 0 Å². The number of anilines is 2. The molecule has 0 saturated carbocycles. The number of aromatic nitrogens is 6. The summed E-state index contributed by atoms with van der Waals surface area (Å²) in [5.74, 6) is 1.57. The van der Waals surface area contributed by atoms with Crippen LogP contribution in [0.4, 0.5) is 11.5 Å². The minimum absolute atomic E-state index is 0.0875. The SMILES string of the molecule is Nc1cccc(C(=O)N[C@H]2CCc3cc(-n4c(-c5cccnc5N)nc5ccc(-n6cccn6)nc54)ccc32)c1. The van der Waals surface area contributed by atoms with Gasteiger partial charge < -0.3 is 16.8 Å². The summed E-state index contributed by atoms with van der Waals surface area (Å²) in [5.41, 5.74) is 18.5. The lowest BCUT2D eigenvalue weighted by Crippen LogP contribution is -2.27. The molecule has 196 valence electrons. The van der Waals surface area contributed by atoms with Crippen molar-refractivity contribution in [3.63, 3.8) is 0 Å². The first-order valence-electron chi connectivity index (χ1n) is 12.9. The second-order valence-electron chi connectivity index (χ2n) is 9.74. The number of carbonyl (C=O) groups is 1. The predicted octanol–water partition coefficient (Wildman–Crippen LogP) is 4.25. The van der Waals surface area contributed by atoms with Crippen molar-refractivity contribution in [2.45, 2.75) is 18.9 Å². The molecule has 4 heterocycles. The fraction of sp³-hybridized carbons (Fsp3) is 0.100. The molecule has 7 rings (SSSR count). The van der Waals surface area contributed by atoms with Gasteiger partial charge >= 0.3 is 0 Å². The van der Waals surface area contributed by atoms with E-state index in [1.165, 1.54) is 0 Å². The maximum absolute atomic E-state index is 12.9. The molecule has 0 saturated heterocycles. The molecule has 5 N–H and O–H groups in total. The van der Waals surface area contributed by atoms with Gasteiger partial charge in [0.25, 0.3) is 5.91 Å². The normalized spacial score (nSPS) is 14.3. The van der Waals surface area contributed by atoms with Gasteiger partial charge in [-0.15, -0.1) is 0 Å². The largest absolute Gasteiger partial charge is 0.399 e. The third-order valence-corrected chi connectivity index (χ3v) is 7.23. The predicted molar refractivity (Wildman–Crippen MR) is 153 cm³/mol. The lowest BCUT2D eigenvalue weighted by molar-refractivity contribution is 0.0936. The second kappa shape index (κ2) is 9.35. The minimum Gasteiger partial charge on any atom is -0.399 e. The van der Waals surface area contributed by atoms with Crippen LogP contribution in [0, 0.1) is 0 Å². The number of pyridine rings is 2. The van der Waals surface area contributed by atoms with Crippen LogP contribution in [0.2, 0.25) is 0 Å². The van der Waals surface area contributed by atoms with Crippen LogP contribution in [-0.4, -0.2) is 35.2 Å². The fourth-order valence-corrected chi connectivity index (χ4v) is 5.33. The molecular weight excluding hydrogens is 502 g/mol. The van der Waals surface area contributed by atoms with Gasteiger partial charge in [-0.25, -0.2) is 19.6 Å². The molecule has 6 aromatic rings. The van der Waals surface area contributed by atoms with Gasteiger partial charge in [-0.05, 0) is 84.6 Å². The maximum Gasteiger partial charge on any atom is 0.251 e. The molecule has 1 atom stereocenters. The summed E-state index contributed by atoms with van der Waals surface area (Å²) in [7, 11) is 0. The summed E-state index contributed by atoms with van der Waals surface area (Å²) in [6.45, 7) is 0. The Kier molecular flexibility index (Phi) is 5.52. The Balaban J connectivity index is 1.31. The van der Waals surface area contributed by atoms with E-state index in [1.54, 1.807) is 41.3 Å². The standard InChI is InChI=1S/C30H25N9O/c31-20-5-1-4-19(16-20)30(40)36-24-10-7-18-17-21(8-9-22(18)24)39-28(23-6-2-13-33-27(23)32)35-25-11-12-26(37-29(25)39)38-15-3-14-34-38/h1-6,8-9,11-17,24H,7,10,31H2,(H2,32,33)(H,36,40)/t24-/m0/s1. The molecule has 1 amide bonds. The van der Waals surface area contributed by atoms with Crippen LogP contribution in [0.1, 0.15) is 33.9 Å². The maximum atomic E-state index is 12.9. The Hall–Kier alpha value is -5.51. The third-order valence-electron chi connectivity index (χ3n) is 7.23. The average Bonchev–Trinajstić information content (AvgIpc) is 3.72. The first-order valence-corrected chi connectivity index (χ1v) is 12.9. The molecule has 1 aliphatic carbocycles. The monoisotopic (exact) mass is 527 g/mol. The quantitative estimate of drug-likeness (QED) is 0.285. The van der Waals surface area contributed by atoms with E-state index >= 15 is 0 Å². The number of nitrogens with one attached hydrogen (secondary N) is 1. The van der Waals surface area contributed by atoms with Gasteiger partial charge in [0, 0.05) is 35.5 Å². The number of aryl methyl sites for hydroxylation is 1. The Morgan fingerprint density at radius 1 is 0.950 bits per heavy atom. The molecule has 0 spiro atoms. The smallest absolute Gasteiger partial charge is 0.251 e. The van der Waals surface area contributed by atoms with E-state index in [4.69, 9.17) is 21.4 Å². The van der Waals surface area contributed by atoms with Gasteiger partial charge in [0.1, 0.15) is 11.3 Å². The fourth-order valence-electron chi connectivity index (χ4n) is 5.33. The van der Waals surface area contributed by atoms with E-state index in [9.17, 15) is 4.79 Å². The number of carbonyl (C=O) groups excluding carboxylic acids is 1. The van der Waals surface area contributed by atoms with Crippen molar-refractivity contribution in [2.75, 3.05) is 11.5 Å². The van der Waals surface area contributed by atoms with Crippen molar-refractivity contribution in [1.82, 2.24) is 34.6 Å². The number of benzene rings is 2. The van der Waals surface area contributed by atoms with Crippen LogP contribution in [-0.2, 0) is 6.42 Å². The zero-order valence-electron chi connectivity index (χ0n) is 21.4. The van der Waals surface area contributed by atoms with E-state index in [1.807, 2.05) is 47.2 Å². The minimum atomic E-state index is -0.139. The van der Waals surface area contributed by atoms with Gasteiger partial charge in [0.05, 0.1) is 11.6 Å². The Labute approximate surface area is 229 Å². The first kappa shape index (κ1) is 23.6. The number of nitrogen functional groups attached to an aromatic ring is 2. The third kappa shape index (κ3) is 4.02. The van der Waals surface area contributed by atoms with Crippen LogP contribution in [0.3, 0.4) is 0 Å². The molecule has 0 unspecified atom stereocenters. The van der Waals surface area contributed by atoms with Crippen LogP contribution in [0.5, 0.6) is 0 Å². The van der Waals surface area contributed by atoms with E-state index in [0.717, 1.165) is 35.2 Å². The molecule has 40 heavy (non-hydrogen) atoms. The van der Waals surface area contributed by atoms with Crippen molar-refractivity contribution >= 4 is 28.6 Å². The summed E-state index contributed by atoms with van der Waals surface area (Å²) in [6.07, 6.45) is 6.86. The molecule has 0 radical (unpaired) electrons. The average molecular weight is 528 g/mol. The molecule has 0 bridgehead atoms. The summed E-state index contributed by atoms with van der Waals surface area (Å²) in [6, 6.07) is 22.6. The summed E-state index contributed by atoms with van der Waals surface area (Å²) in [4.78, 5) is 27.0. The number of rotatable bonds is 5. The highest BCUT2D eigenvalue weighted by atomic mass is 16.1. The molecule has 1 aliphatic rings. The summed E-state index contributed by atoms with van der Waals surface area (Å²) >= 11 is 0. The zero-order chi connectivity index (χ0) is 27.2. The number of nitrogens with two attached hydrogens (primary N) is 2. The highest BCUT2D eigenvalue weighted by Gasteiger charge is 2.26. The number of hydrogen-bond acceptors (Lipinski definition) is 7. The molecule has 0 fully saturated rings. The Morgan fingerprint density at radius 3 is 2.70 bits per heavy atom. The highest BCUT2D eigenvalue weighted by molar-refractivity contribution is 5.95. The first-order chi connectivity index (χ1) is 19.5. The van der Waals surface area contributed by atoms with Crippen molar-refractivity contribution in [1.29, 1.82) is 0 Å². The molecule has 10 heteroatoms. The molecule has 2 aromatic carbocycles. The molecular formula is C30H25N9O. The summed E-state index contributed by atoms with van der Waals surface area (Å²) in [5, 5.41) is 7.50. The molecule has 4 aromatic heterocycles. The topological polar surface area (TPSA) is 143 Å². The molecule has 0 aliphatic heterocycles. The number of hydrogen-bond donors (Lipinski definition) is 3. The van der Waals surface area contributed by atoms with Crippen molar-refractivity contribution < 1.29 is 4.79 Å². The van der Waals surface area contributed by atoms with Gasteiger partial charge in [-0.3, -0.25) is 9.36 Å². The van der Waals surface area contributed by atoms with Crippen LogP contribution < -0.4 is 16.8 Å². The molecule has 10 nitrogen and oxygen atoms in total. The number of nitrogens with zero attached hydrogens (tertiary/aromatic N) is 6. The summed E-state index contributed by atoms with van der Waals surface area (Å²) < 4.78 is 3.72. The van der Waals surface area contributed by atoms with E-state index in [2.05, 4.69) is 27.5 Å². The van der Waals surface area contributed by atoms with Crippen molar-refractivity contribution in [3.8, 4) is 22.9 Å². The van der Waals surface area contributed by atoms with Crippen LogP contribution >= 0.6 is 0 Å². The van der Waals surface area contributed by atoms with Gasteiger partial charge in [0.15, 0.2) is 17.3 Å². The van der Waals surface area contributed by atoms with Crippen molar-refractivity contribution in [2.24, 2.45) is 0 Å². The Bertz CT molecular complexity index is 1890. The van der Waals surface area contributed by atoms with Gasteiger partial charge in [-0.1, -0.05) is 12.1 Å². The van der Waals surface area contributed by atoms with Gasteiger partial charge in [-0.2, -0.15) is 5.10 Å². The van der Waals surface area contributed by atoms with E-state index in [-0.39, 0.29) is 11.9 Å². The van der Waals surface area contributed by atoms with Crippen LogP contribution in [0.25, 0.3) is 34.1 Å². The van der Waals surface area contributed by atoms with E-state index < -0.39 is 0 Å². The van der Waals surface area contributed by atoms with Crippen LogP contribution in [0.15, 0.2) is 91.4 Å². The van der Waals surface area contributed by atoms with Crippen molar-refractivity contribution in [3.05, 3.63) is 108 Å². The highest BCUT2D eigenvalue weighted by Crippen LogP contribution is 2.36. The lowest BCUT2D eigenvalue weighted by Gasteiger charge is -2.16. The second-order valence-corrected chi connectivity index (χ2v) is 9.74. The number of amides is 1. The number of imidazole rings is 1. The Morgan fingerprint density at radius 2 is 1.88 bits per heavy atom. The zero-order valence-corrected chi connectivity index (χ0v) is 21.4. The lowest BCUT2D eigenvalue weighted by atomic mass is 10.1. The van der Waals surface area contributed by atoms with E-state index in [0.29, 0.717) is 39.9 Å². The number of fused-ring (bicyclic) bond motifs is 2.